The van der Waals surface area contributed by atoms with Crippen molar-refractivity contribution in [2.75, 3.05) is 5.32 Å². The number of nitrogens with zero attached hydrogens (tertiary/aromatic N) is 3. The predicted molar refractivity (Wildman–Crippen MR) is 87.1 cm³/mol. The minimum absolute atomic E-state index is 0.0579. The zero-order chi connectivity index (χ0) is 15.9. The Morgan fingerprint density at radius 3 is 2.87 bits per heavy atom. The van der Waals surface area contributed by atoms with Crippen LogP contribution in [-0.4, -0.2) is 25.7 Å². The van der Waals surface area contributed by atoms with Crippen molar-refractivity contribution in [2.24, 2.45) is 5.41 Å². The molecule has 0 aliphatic heterocycles. The highest BCUT2D eigenvalue weighted by atomic mass is 16.2. The predicted octanol–water partition coefficient (Wildman–Crippen LogP) is 3.00. The molecular formula is C17H17N5O. The Morgan fingerprint density at radius 1 is 1.35 bits per heavy atom. The molecule has 23 heavy (non-hydrogen) atoms. The first-order chi connectivity index (χ1) is 11.2. The van der Waals surface area contributed by atoms with Gasteiger partial charge < -0.3 is 10.3 Å². The molecule has 6 heteroatoms. The van der Waals surface area contributed by atoms with Crippen LogP contribution in [0.2, 0.25) is 0 Å². The molecule has 0 unspecified atom stereocenters. The van der Waals surface area contributed by atoms with Gasteiger partial charge in [0.2, 0.25) is 5.91 Å². The number of anilines is 1. The van der Waals surface area contributed by atoms with Crippen molar-refractivity contribution >= 4 is 11.6 Å². The Hall–Kier alpha value is -2.89. The summed E-state index contributed by atoms with van der Waals surface area (Å²) in [7, 11) is 0. The van der Waals surface area contributed by atoms with Gasteiger partial charge in [0.05, 0.1) is 11.4 Å². The standard InChI is InChI=1S/C17H17N5O/c1-17(5-6-17)16(23)21-13-11-12(15-18-8-9-19-15)3-4-14(13)22-10-2-7-20-22/h2-4,7-11H,5-6H2,1H3,(H,18,19)(H,21,23). The van der Waals surface area contributed by atoms with E-state index in [0.717, 1.165) is 35.6 Å². The van der Waals surface area contributed by atoms with Gasteiger partial charge in [-0.2, -0.15) is 5.10 Å². The number of benzene rings is 1. The number of aromatic amines is 1. The molecule has 0 saturated heterocycles. The normalized spacial score (nSPS) is 15.3. The molecule has 2 heterocycles. The Labute approximate surface area is 133 Å². The minimum atomic E-state index is -0.234. The average Bonchev–Trinajstić information content (AvgIpc) is 3.04. The number of carbonyl (C=O) groups is 1. The van der Waals surface area contributed by atoms with Crippen molar-refractivity contribution in [3.05, 3.63) is 49.1 Å². The maximum Gasteiger partial charge on any atom is 0.230 e. The summed E-state index contributed by atoms with van der Waals surface area (Å²) in [5.41, 5.74) is 2.26. The van der Waals surface area contributed by atoms with Crippen molar-refractivity contribution in [3.63, 3.8) is 0 Å². The van der Waals surface area contributed by atoms with Gasteiger partial charge in [-0.15, -0.1) is 0 Å². The second-order valence-corrected chi connectivity index (χ2v) is 6.14. The van der Waals surface area contributed by atoms with E-state index >= 15 is 0 Å². The molecule has 4 rings (SSSR count). The second kappa shape index (κ2) is 5.08. The van der Waals surface area contributed by atoms with Gasteiger partial charge in [0.1, 0.15) is 5.82 Å². The van der Waals surface area contributed by atoms with E-state index in [2.05, 4.69) is 20.4 Å². The molecule has 3 aromatic rings. The first kappa shape index (κ1) is 13.8. The highest BCUT2D eigenvalue weighted by Crippen LogP contribution is 2.46. The van der Waals surface area contributed by atoms with E-state index in [9.17, 15) is 4.79 Å². The van der Waals surface area contributed by atoms with Gasteiger partial charge in [-0.05, 0) is 37.1 Å². The summed E-state index contributed by atoms with van der Waals surface area (Å²) in [4.78, 5) is 19.8. The molecule has 2 N–H and O–H groups in total. The van der Waals surface area contributed by atoms with Gasteiger partial charge in [-0.3, -0.25) is 4.79 Å². The zero-order valence-electron chi connectivity index (χ0n) is 12.8. The fourth-order valence-corrected chi connectivity index (χ4v) is 2.51. The lowest BCUT2D eigenvalue weighted by atomic mass is 10.1. The summed E-state index contributed by atoms with van der Waals surface area (Å²) in [6, 6.07) is 7.69. The van der Waals surface area contributed by atoms with Gasteiger partial charge in [-0.1, -0.05) is 6.92 Å². The minimum Gasteiger partial charge on any atom is -0.345 e. The SMILES string of the molecule is CC1(C(=O)Nc2cc(-c3ncc[nH]3)ccc2-n2cccn2)CC1. The number of imidazole rings is 1. The highest BCUT2D eigenvalue weighted by Gasteiger charge is 2.45. The van der Waals surface area contributed by atoms with Crippen LogP contribution in [0.15, 0.2) is 49.1 Å². The number of hydrogen-bond donors (Lipinski definition) is 2. The molecule has 1 aliphatic rings. The second-order valence-electron chi connectivity index (χ2n) is 6.14. The van der Waals surface area contributed by atoms with E-state index in [1.807, 2.05) is 37.4 Å². The van der Waals surface area contributed by atoms with Crippen LogP contribution >= 0.6 is 0 Å². The van der Waals surface area contributed by atoms with E-state index in [1.54, 1.807) is 23.3 Å². The van der Waals surface area contributed by atoms with Crippen LogP contribution < -0.4 is 5.32 Å². The summed E-state index contributed by atoms with van der Waals surface area (Å²) < 4.78 is 1.75. The highest BCUT2D eigenvalue weighted by molar-refractivity contribution is 5.98. The molecule has 6 nitrogen and oxygen atoms in total. The molecule has 1 saturated carbocycles. The third kappa shape index (κ3) is 2.52. The Balaban J connectivity index is 1.75. The fourth-order valence-electron chi connectivity index (χ4n) is 2.51. The molecule has 1 aromatic carbocycles. The lowest BCUT2D eigenvalue weighted by molar-refractivity contribution is -0.120. The lowest BCUT2D eigenvalue weighted by Gasteiger charge is -2.15. The topological polar surface area (TPSA) is 75.6 Å². The largest absolute Gasteiger partial charge is 0.345 e. The van der Waals surface area contributed by atoms with Crippen LogP contribution in [0.1, 0.15) is 19.8 Å². The molecule has 0 atom stereocenters. The van der Waals surface area contributed by atoms with Gasteiger partial charge in [-0.25, -0.2) is 9.67 Å². The maximum absolute atomic E-state index is 12.5. The number of amides is 1. The van der Waals surface area contributed by atoms with Crippen LogP contribution in [-0.2, 0) is 4.79 Å². The molecule has 1 aliphatic carbocycles. The van der Waals surface area contributed by atoms with E-state index in [0.29, 0.717) is 0 Å². The molecule has 2 aromatic heterocycles. The monoisotopic (exact) mass is 307 g/mol. The van der Waals surface area contributed by atoms with Gasteiger partial charge >= 0.3 is 0 Å². The number of aromatic nitrogens is 4. The van der Waals surface area contributed by atoms with Gasteiger partial charge in [0.25, 0.3) is 0 Å². The fraction of sp³-hybridized carbons (Fsp3) is 0.235. The van der Waals surface area contributed by atoms with E-state index in [-0.39, 0.29) is 11.3 Å². The number of carbonyl (C=O) groups excluding carboxylic acids is 1. The molecule has 1 fully saturated rings. The van der Waals surface area contributed by atoms with Crippen LogP contribution in [0.3, 0.4) is 0 Å². The van der Waals surface area contributed by atoms with Gasteiger partial charge in [0.15, 0.2) is 0 Å². The van der Waals surface area contributed by atoms with Crippen molar-refractivity contribution in [2.45, 2.75) is 19.8 Å². The third-order valence-electron chi connectivity index (χ3n) is 4.32. The summed E-state index contributed by atoms with van der Waals surface area (Å²) in [6.45, 7) is 1.99. The Bertz CT molecular complexity index is 832. The van der Waals surface area contributed by atoms with Crippen molar-refractivity contribution < 1.29 is 4.79 Å². The Kier molecular flexibility index (Phi) is 3.04. The number of hydrogen-bond acceptors (Lipinski definition) is 3. The quantitative estimate of drug-likeness (QED) is 0.778. The molecule has 116 valence electrons. The summed E-state index contributed by atoms with van der Waals surface area (Å²) in [6.07, 6.45) is 8.94. The lowest BCUT2D eigenvalue weighted by Crippen LogP contribution is -2.22. The maximum atomic E-state index is 12.5. The first-order valence-corrected chi connectivity index (χ1v) is 7.61. The first-order valence-electron chi connectivity index (χ1n) is 7.61. The number of rotatable bonds is 4. The van der Waals surface area contributed by atoms with Crippen molar-refractivity contribution in [1.29, 1.82) is 0 Å². The van der Waals surface area contributed by atoms with Crippen LogP contribution in [0.4, 0.5) is 5.69 Å². The smallest absolute Gasteiger partial charge is 0.230 e. The van der Waals surface area contributed by atoms with E-state index in [4.69, 9.17) is 0 Å². The third-order valence-corrected chi connectivity index (χ3v) is 4.32. The molecular weight excluding hydrogens is 290 g/mol. The van der Waals surface area contributed by atoms with Crippen molar-refractivity contribution in [3.8, 4) is 17.1 Å². The van der Waals surface area contributed by atoms with E-state index < -0.39 is 0 Å². The van der Waals surface area contributed by atoms with Crippen LogP contribution in [0, 0.1) is 5.41 Å². The summed E-state index contributed by atoms with van der Waals surface area (Å²) >= 11 is 0. The Morgan fingerprint density at radius 2 is 2.22 bits per heavy atom. The molecule has 0 radical (unpaired) electrons. The van der Waals surface area contributed by atoms with Crippen LogP contribution in [0.25, 0.3) is 17.1 Å². The number of nitrogens with one attached hydrogen (secondary N) is 2. The summed E-state index contributed by atoms with van der Waals surface area (Å²) in [5, 5.41) is 7.33. The molecule has 0 bridgehead atoms. The molecule has 0 spiro atoms. The van der Waals surface area contributed by atoms with E-state index in [1.165, 1.54) is 0 Å². The van der Waals surface area contributed by atoms with Crippen LogP contribution in [0.5, 0.6) is 0 Å². The molecule has 1 amide bonds. The number of H-pyrrole nitrogens is 1. The average molecular weight is 307 g/mol. The van der Waals surface area contributed by atoms with Gasteiger partial charge in [0, 0.05) is 35.8 Å². The zero-order valence-corrected chi connectivity index (χ0v) is 12.8. The van der Waals surface area contributed by atoms with Crippen molar-refractivity contribution in [1.82, 2.24) is 19.7 Å². The summed E-state index contributed by atoms with van der Waals surface area (Å²) in [5.74, 6) is 0.827.